The number of azo groups is 1. The van der Waals surface area contributed by atoms with Crippen LogP contribution in [0, 0.1) is 6.92 Å². The largest absolute Gasteiger partial charge is 0.465 e. The van der Waals surface area contributed by atoms with Crippen LogP contribution in [0.25, 0.3) is 5.65 Å². The van der Waals surface area contributed by atoms with Gasteiger partial charge < -0.3 is 4.74 Å². The highest BCUT2D eigenvalue weighted by Gasteiger charge is 2.18. The normalized spacial score (nSPS) is 11.9. The number of esters is 1. The van der Waals surface area contributed by atoms with Crippen molar-refractivity contribution < 1.29 is 9.53 Å². The number of carbonyl (C=O) groups is 1. The van der Waals surface area contributed by atoms with Crippen molar-refractivity contribution in [1.29, 1.82) is 0 Å². The molecule has 10 nitrogen and oxygen atoms in total. The molecule has 12 heteroatoms. The van der Waals surface area contributed by atoms with Crippen LogP contribution in [-0.2, 0) is 9.53 Å². The zero-order chi connectivity index (χ0) is 18.7. The first-order valence-corrected chi connectivity index (χ1v) is 9.73. The summed E-state index contributed by atoms with van der Waals surface area (Å²) in [5, 5.41) is 20.9. The summed E-state index contributed by atoms with van der Waals surface area (Å²) in [6.07, 6.45) is 0. The number of carbonyl (C=O) groups excluding carboxylic acids is 1. The van der Waals surface area contributed by atoms with Gasteiger partial charge in [-0.15, -0.1) is 10.2 Å². The van der Waals surface area contributed by atoms with E-state index in [4.69, 9.17) is 4.74 Å². The third kappa shape index (κ3) is 3.90. The Bertz CT molecular complexity index is 942. The first kappa shape index (κ1) is 18.5. The van der Waals surface area contributed by atoms with Crippen LogP contribution in [0.5, 0.6) is 0 Å². The second-order valence-electron chi connectivity index (χ2n) is 5.57. The highest BCUT2D eigenvalue weighted by molar-refractivity contribution is 8.00. The molecule has 0 amide bonds. The Morgan fingerprint density at radius 1 is 1.42 bits per heavy atom. The lowest BCUT2D eigenvalue weighted by Crippen LogP contribution is -2.06. The molecule has 0 aliphatic rings. The number of hydrogen-bond donors (Lipinski definition) is 1. The molecule has 3 aromatic rings. The number of thioether (sulfide) groups is 1. The molecular weight excluding hydrogens is 376 g/mol. The maximum Gasteiger partial charge on any atom is 0.316 e. The van der Waals surface area contributed by atoms with Gasteiger partial charge in [0.25, 0.3) is 0 Å². The number of fused-ring (bicyclic) bond motifs is 1. The third-order valence-corrected chi connectivity index (χ3v) is 4.82. The summed E-state index contributed by atoms with van der Waals surface area (Å²) >= 11 is 2.42. The molecule has 3 aromatic heterocycles. The zero-order valence-corrected chi connectivity index (χ0v) is 16.4. The molecule has 0 saturated carbocycles. The van der Waals surface area contributed by atoms with Crippen molar-refractivity contribution >= 4 is 45.7 Å². The Labute approximate surface area is 157 Å². The number of nitrogens with zero attached hydrogens (tertiary/aromatic N) is 7. The van der Waals surface area contributed by atoms with Crippen LogP contribution in [0.4, 0.5) is 10.8 Å². The number of ether oxygens (including phenoxy) is 1. The lowest BCUT2D eigenvalue weighted by atomic mass is 10.2. The molecule has 0 fully saturated rings. The number of rotatable bonds is 7. The van der Waals surface area contributed by atoms with Gasteiger partial charge in [0.15, 0.2) is 11.3 Å². The van der Waals surface area contributed by atoms with E-state index < -0.39 is 0 Å². The molecule has 1 N–H and O–H groups in total. The Balaban J connectivity index is 1.88. The minimum Gasteiger partial charge on any atom is -0.465 e. The summed E-state index contributed by atoms with van der Waals surface area (Å²) in [6.45, 7) is 7.96. The van der Waals surface area contributed by atoms with Crippen molar-refractivity contribution in [3.05, 3.63) is 11.6 Å². The Hall–Kier alpha value is -2.34. The molecule has 0 aliphatic carbocycles. The van der Waals surface area contributed by atoms with Crippen LogP contribution in [0.1, 0.15) is 38.3 Å². The fraction of sp³-hybridized carbons (Fsp3) is 0.500. The Kier molecular flexibility index (Phi) is 5.61. The lowest BCUT2D eigenvalue weighted by molar-refractivity contribution is -0.139. The molecule has 0 aliphatic heterocycles. The molecule has 0 bridgehead atoms. The fourth-order valence-electron chi connectivity index (χ4n) is 2.02. The van der Waals surface area contributed by atoms with E-state index in [9.17, 15) is 4.79 Å². The molecule has 0 aromatic carbocycles. The van der Waals surface area contributed by atoms with Crippen molar-refractivity contribution in [3.8, 4) is 0 Å². The van der Waals surface area contributed by atoms with Crippen molar-refractivity contribution in [2.24, 2.45) is 10.2 Å². The maximum atomic E-state index is 11.6. The van der Waals surface area contributed by atoms with Gasteiger partial charge in [-0.2, -0.15) is 24.1 Å². The van der Waals surface area contributed by atoms with Gasteiger partial charge >= 0.3 is 5.97 Å². The van der Waals surface area contributed by atoms with E-state index in [1.165, 1.54) is 23.3 Å². The van der Waals surface area contributed by atoms with Crippen LogP contribution >= 0.6 is 23.3 Å². The average molecular weight is 394 g/mol. The number of hydrogen-bond acceptors (Lipinski definition) is 10. The highest BCUT2D eigenvalue weighted by atomic mass is 32.2. The Morgan fingerprint density at radius 3 is 2.92 bits per heavy atom. The summed E-state index contributed by atoms with van der Waals surface area (Å²) in [5.41, 5.74) is 1.10. The zero-order valence-electron chi connectivity index (χ0n) is 14.8. The van der Waals surface area contributed by atoms with E-state index in [1.54, 1.807) is 11.4 Å². The molecule has 138 valence electrons. The van der Waals surface area contributed by atoms with Gasteiger partial charge in [0.1, 0.15) is 16.7 Å². The number of nitrogens with one attached hydrogen (secondary N) is 1. The first-order chi connectivity index (χ1) is 12.5. The van der Waals surface area contributed by atoms with Crippen LogP contribution < -0.4 is 0 Å². The van der Waals surface area contributed by atoms with Crippen LogP contribution in [0.15, 0.2) is 15.3 Å². The molecule has 0 unspecified atom stereocenters. The third-order valence-electron chi connectivity index (χ3n) is 3.27. The number of aromatic nitrogens is 6. The summed E-state index contributed by atoms with van der Waals surface area (Å²) in [4.78, 5) is 16.0. The van der Waals surface area contributed by atoms with Gasteiger partial charge in [-0.05, 0) is 13.8 Å². The van der Waals surface area contributed by atoms with Gasteiger partial charge in [0.05, 0.1) is 12.4 Å². The maximum absolute atomic E-state index is 11.6. The van der Waals surface area contributed by atoms with E-state index in [0.29, 0.717) is 33.9 Å². The van der Waals surface area contributed by atoms with Gasteiger partial charge in [0, 0.05) is 17.5 Å². The number of H-pyrrole nitrogens is 1. The van der Waals surface area contributed by atoms with Gasteiger partial charge in [-0.25, -0.2) is 0 Å². The van der Waals surface area contributed by atoms with E-state index in [0.717, 1.165) is 5.82 Å². The van der Waals surface area contributed by atoms with Gasteiger partial charge in [-0.1, -0.05) is 25.6 Å². The molecule has 3 heterocycles. The van der Waals surface area contributed by atoms with Crippen LogP contribution in [-0.4, -0.2) is 47.5 Å². The standard InChI is InChI=1S/C14H18N8O2S2/c1-5-24-9(23)6-25-13-10(12-18-16-8(4)22(12)20-13)17-19-14-15-11(7(2)3)21-26-14/h7,18H,5-6H2,1-4H3/b19-17+. The van der Waals surface area contributed by atoms with E-state index in [1.807, 2.05) is 20.8 Å². The SMILES string of the molecule is CCOC(=O)CSc1nn2c(C)n[nH]c2c1/N=N/c1nc(C(C)C)ns1. The Morgan fingerprint density at radius 2 is 2.23 bits per heavy atom. The van der Waals surface area contributed by atoms with Crippen molar-refractivity contribution in [2.45, 2.75) is 38.6 Å². The summed E-state index contributed by atoms with van der Waals surface area (Å²) in [6, 6.07) is 0. The topological polar surface area (TPSA) is 123 Å². The molecule has 0 radical (unpaired) electrons. The van der Waals surface area contributed by atoms with Crippen molar-refractivity contribution in [3.63, 3.8) is 0 Å². The average Bonchev–Trinajstić information content (AvgIpc) is 3.29. The lowest BCUT2D eigenvalue weighted by Gasteiger charge is -1.99. The van der Waals surface area contributed by atoms with Gasteiger partial charge in [0.2, 0.25) is 5.13 Å². The van der Waals surface area contributed by atoms with Crippen molar-refractivity contribution in [1.82, 2.24) is 29.2 Å². The monoisotopic (exact) mass is 394 g/mol. The summed E-state index contributed by atoms with van der Waals surface area (Å²) in [5.74, 6) is 1.47. The first-order valence-electron chi connectivity index (χ1n) is 7.97. The summed E-state index contributed by atoms with van der Waals surface area (Å²) < 4.78 is 10.8. The van der Waals surface area contributed by atoms with Crippen molar-refractivity contribution in [2.75, 3.05) is 12.4 Å². The molecule has 3 rings (SSSR count). The smallest absolute Gasteiger partial charge is 0.316 e. The molecular formula is C14H18N8O2S2. The van der Waals surface area contributed by atoms with E-state index in [2.05, 4.69) is 34.9 Å². The minimum atomic E-state index is -0.308. The number of aryl methyl sites for hydroxylation is 1. The molecule has 0 atom stereocenters. The second-order valence-corrected chi connectivity index (χ2v) is 7.26. The number of aromatic amines is 1. The predicted octanol–water partition coefficient (Wildman–Crippen LogP) is 3.41. The highest BCUT2D eigenvalue weighted by Crippen LogP contribution is 2.34. The molecule has 0 saturated heterocycles. The minimum absolute atomic E-state index is 0.138. The quantitative estimate of drug-likeness (QED) is 0.370. The summed E-state index contributed by atoms with van der Waals surface area (Å²) in [7, 11) is 0. The molecule has 26 heavy (non-hydrogen) atoms. The fourth-order valence-corrected chi connectivity index (χ4v) is 3.41. The van der Waals surface area contributed by atoms with E-state index >= 15 is 0 Å². The van der Waals surface area contributed by atoms with Gasteiger partial charge in [-0.3, -0.25) is 9.89 Å². The van der Waals surface area contributed by atoms with Crippen LogP contribution in [0.3, 0.4) is 0 Å². The second kappa shape index (κ2) is 7.91. The van der Waals surface area contributed by atoms with Crippen LogP contribution in [0.2, 0.25) is 0 Å². The predicted molar refractivity (Wildman–Crippen MR) is 97.6 cm³/mol. The van der Waals surface area contributed by atoms with E-state index in [-0.39, 0.29) is 17.6 Å². The molecule has 0 spiro atoms.